The number of hydrogen-bond donors (Lipinski definition) is 0. The largest absolute Gasteiger partial charge is 0.381 e. The van der Waals surface area contributed by atoms with Crippen LogP contribution < -0.4 is 0 Å². The van der Waals surface area contributed by atoms with Crippen molar-refractivity contribution < 1.29 is 4.74 Å². The standard InChI is InChI=1S/C11H22O/c1-6-8-9-10(12-5)11(3,4)7-2/h7,10H,2,6,8-9H2,1,3-5H3. The lowest BCUT2D eigenvalue weighted by atomic mass is 9.84. The fourth-order valence-corrected chi connectivity index (χ4v) is 1.31. The average Bonchev–Trinajstić information content (AvgIpc) is 2.05. The van der Waals surface area contributed by atoms with Crippen molar-refractivity contribution in [2.24, 2.45) is 5.41 Å². The molecule has 0 fully saturated rings. The van der Waals surface area contributed by atoms with Gasteiger partial charge in [0.2, 0.25) is 0 Å². The molecule has 0 aromatic carbocycles. The lowest BCUT2D eigenvalue weighted by Gasteiger charge is -2.30. The van der Waals surface area contributed by atoms with Crippen LogP contribution in [-0.2, 0) is 4.74 Å². The molecule has 0 spiro atoms. The van der Waals surface area contributed by atoms with Crippen molar-refractivity contribution in [1.82, 2.24) is 0 Å². The molecule has 1 nitrogen and oxygen atoms in total. The third-order valence-corrected chi connectivity index (χ3v) is 2.46. The lowest BCUT2D eigenvalue weighted by Crippen LogP contribution is -2.29. The quantitative estimate of drug-likeness (QED) is 0.555. The van der Waals surface area contributed by atoms with Gasteiger partial charge in [0.15, 0.2) is 0 Å². The molecule has 1 heteroatoms. The molecule has 0 radical (unpaired) electrons. The zero-order valence-electron chi connectivity index (χ0n) is 8.89. The van der Waals surface area contributed by atoms with Crippen LogP contribution in [0.15, 0.2) is 12.7 Å². The van der Waals surface area contributed by atoms with E-state index in [-0.39, 0.29) is 5.41 Å². The molecular formula is C11H22O. The van der Waals surface area contributed by atoms with E-state index in [1.54, 1.807) is 7.11 Å². The Morgan fingerprint density at radius 3 is 2.42 bits per heavy atom. The summed E-state index contributed by atoms with van der Waals surface area (Å²) in [7, 11) is 1.78. The molecular weight excluding hydrogens is 148 g/mol. The van der Waals surface area contributed by atoms with E-state index in [1.807, 2.05) is 6.08 Å². The molecule has 0 aromatic rings. The van der Waals surface area contributed by atoms with Crippen LogP contribution in [0.3, 0.4) is 0 Å². The van der Waals surface area contributed by atoms with Gasteiger partial charge in [-0.05, 0) is 6.42 Å². The van der Waals surface area contributed by atoms with Crippen LogP contribution in [-0.4, -0.2) is 13.2 Å². The van der Waals surface area contributed by atoms with Crippen molar-refractivity contribution in [2.45, 2.75) is 46.1 Å². The van der Waals surface area contributed by atoms with Gasteiger partial charge >= 0.3 is 0 Å². The summed E-state index contributed by atoms with van der Waals surface area (Å²) in [6, 6.07) is 0. The third kappa shape index (κ3) is 3.40. The highest BCUT2D eigenvalue weighted by molar-refractivity contribution is 4.93. The summed E-state index contributed by atoms with van der Waals surface area (Å²) < 4.78 is 5.44. The molecule has 0 aliphatic heterocycles. The molecule has 72 valence electrons. The number of ether oxygens (including phenoxy) is 1. The first-order valence-corrected chi connectivity index (χ1v) is 4.74. The van der Waals surface area contributed by atoms with E-state index >= 15 is 0 Å². The molecule has 0 aliphatic rings. The van der Waals surface area contributed by atoms with E-state index in [1.165, 1.54) is 12.8 Å². The minimum atomic E-state index is 0.101. The zero-order valence-corrected chi connectivity index (χ0v) is 8.89. The van der Waals surface area contributed by atoms with Gasteiger partial charge in [0.1, 0.15) is 0 Å². The topological polar surface area (TPSA) is 9.23 Å². The molecule has 0 aliphatic carbocycles. The Kier molecular flexibility index (Phi) is 5.23. The SMILES string of the molecule is C=CC(C)(C)C(CCCC)OC. The highest BCUT2D eigenvalue weighted by atomic mass is 16.5. The van der Waals surface area contributed by atoms with Gasteiger partial charge < -0.3 is 4.74 Å². The summed E-state index contributed by atoms with van der Waals surface area (Å²) in [5, 5.41) is 0. The maximum atomic E-state index is 5.44. The minimum absolute atomic E-state index is 0.101. The summed E-state index contributed by atoms with van der Waals surface area (Å²) in [5.74, 6) is 0. The van der Waals surface area contributed by atoms with Crippen LogP contribution in [0, 0.1) is 5.41 Å². The van der Waals surface area contributed by atoms with Crippen molar-refractivity contribution in [2.75, 3.05) is 7.11 Å². The third-order valence-electron chi connectivity index (χ3n) is 2.46. The second kappa shape index (κ2) is 5.36. The molecule has 0 heterocycles. The first-order valence-electron chi connectivity index (χ1n) is 4.74. The number of hydrogen-bond acceptors (Lipinski definition) is 1. The van der Waals surface area contributed by atoms with Crippen molar-refractivity contribution in [3.63, 3.8) is 0 Å². The first kappa shape index (κ1) is 11.7. The van der Waals surface area contributed by atoms with Gasteiger partial charge in [-0.3, -0.25) is 0 Å². The van der Waals surface area contributed by atoms with Gasteiger partial charge in [0.05, 0.1) is 6.10 Å². The van der Waals surface area contributed by atoms with E-state index in [9.17, 15) is 0 Å². The number of rotatable bonds is 6. The Labute approximate surface area is 76.8 Å². The van der Waals surface area contributed by atoms with Crippen LogP contribution in [0.2, 0.25) is 0 Å². The van der Waals surface area contributed by atoms with Crippen LogP contribution in [0.4, 0.5) is 0 Å². The van der Waals surface area contributed by atoms with Gasteiger partial charge in [-0.1, -0.05) is 39.7 Å². The van der Waals surface area contributed by atoms with E-state index in [0.29, 0.717) is 6.10 Å². The molecule has 0 aromatic heterocycles. The molecule has 1 unspecified atom stereocenters. The summed E-state index contributed by atoms with van der Waals surface area (Å²) >= 11 is 0. The predicted octanol–water partition coefficient (Wildman–Crippen LogP) is 3.40. The lowest BCUT2D eigenvalue weighted by molar-refractivity contribution is 0.0237. The summed E-state index contributed by atoms with van der Waals surface area (Å²) in [5.41, 5.74) is 0.101. The molecule has 0 amide bonds. The van der Waals surface area contributed by atoms with Crippen LogP contribution in [0.5, 0.6) is 0 Å². The Morgan fingerprint density at radius 1 is 1.50 bits per heavy atom. The van der Waals surface area contributed by atoms with Crippen LogP contribution in [0.1, 0.15) is 40.0 Å². The molecule has 0 rings (SSSR count). The van der Waals surface area contributed by atoms with E-state index in [0.717, 1.165) is 6.42 Å². The highest BCUT2D eigenvalue weighted by Gasteiger charge is 2.25. The molecule has 0 N–H and O–H groups in total. The Bertz CT molecular complexity index is 127. The average molecular weight is 170 g/mol. The Balaban J connectivity index is 4.03. The van der Waals surface area contributed by atoms with Crippen LogP contribution in [0.25, 0.3) is 0 Å². The predicted molar refractivity (Wildman–Crippen MR) is 54.3 cm³/mol. The highest BCUT2D eigenvalue weighted by Crippen LogP contribution is 2.27. The van der Waals surface area contributed by atoms with Crippen molar-refractivity contribution in [3.05, 3.63) is 12.7 Å². The van der Waals surface area contributed by atoms with Gasteiger partial charge in [0.25, 0.3) is 0 Å². The van der Waals surface area contributed by atoms with Crippen molar-refractivity contribution in [1.29, 1.82) is 0 Å². The monoisotopic (exact) mass is 170 g/mol. The number of methoxy groups -OCH3 is 1. The van der Waals surface area contributed by atoms with E-state index in [2.05, 4.69) is 27.4 Å². The van der Waals surface area contributed by atoms with Gasteiger partial charge in [-0.25, -0.2) is 0 Å². The molecule has 12 heavy (non-hydrogen) atoms. The number of unbranched alkanes of at least 4 members (excludes halogenated alkanes) is 1. The van der Waals surface area contributed by atoms with Gasteiger partial charge in [-0.15, -0.1) is 6.58 Å². The van der Waals surface area contributed by atoms with Crippen molar-refractivity contribution >= 4 is 0 Å². The maximum absolute atomic E-state index is 5.44. The fraction of sp³-hybridized carbons (Fsp3) is 0.818. The molecule has 0 saturated carbocycles. The van der Waals surface area contributed by atoms with Gasteiger partial charge in [0, 0.05) is 12.5 Å². The maximum Gasteiger partial charge on any atom is 0.0656 e. The van der Waals surface area contributed by atoms with Crippen molar-refractivity contribution in [3.8, 4) is 0 Å². The summed E-state index contributed by atoms with van der Waals surface area (Å²) in [4.78, 5) is 0. The Morgan fingerprint density at radius 2 is 2.08 bits per heavy atom. The smallest absolute Gasteiger partial charge is 0.0656 e. The van der Waals surface area contributed by atoms with Crippen LogP contribution >= 0.6 is 0 Å². The van der Waals surface area contributed by atoms with Gasteiger partial charge in [-0.2, -0.15) is 0 Å². The molecule has 0 saturated heterocycles. The summed E-state index contributed by atoms with van der Waals surface area (Å²) in [6.07, 6.45) is 5.89. The van der Waals surface area contributed by atoms with E-state index in [4.69, 9.17) is 4.74 Å². The molecule has 1 atom stereocenters. The normalized spacial score (nSPS) is 14.3. The fourth-order valence-electron chi connectivity index (χ4n) is 1.31. The second-order valence-corrected chi connectivity index (χ2v) is 3.89. The summed E-state index contributed by atoms with van der Waals surface area (Å²) in [6.45, 7) is 10.4. The second-order valence-electron chi connectivity index (χ2n) is 3.89. The minimum Gasteiger partial charge on any atom is -0.381 e. The molecule has 0 bridgehead atoms. The van der Waals surface area contributed by atoms with E-state index < -0.39 is 0 Å². The zero-order chi connectivity index (χ0) is 9.61. The first-order chi connectivity index (χ1) is 5.58. The Hall–Kier alpha value is -0.300.